The lowest BCUT2D eigenvalue weighted by atomic mass is 9.94. The van der Waals surface area contributed by atoms with Gasteiger partial charge >= 0.3 is 5.97 Å². The lowest BCUT2D eigenvalue weighted by Gasteiger charge is -2.30. The summed E-state index contributed by atoms with van der Waals surface area (Å²) < 4.78 is 6.41. The number of carbonyl (C=O) groups is 2. The van der Waals surface area contributed by atoms with Crippen molar-refractivity contribution in [1.82, 2.24) is 25.1 Å². The van der Waals surface area contributed by atoms with Crippen molar-refractivity contribution in [3.05, 3.63) is 46.5 Å². The Bertz CT molecular complexity index is 1440. The maximum Gasteiger partial charge on any atom is 0.358 e. The van der Waals surface area contributed by atoms with E-state index in [1.807, 2.05) is 54.1 Å². The van der Waals surface area contributed by atoms with Crippen molar-refractivity contribution in [3.63, 3.8) is 0 Å². The van der Waals surface area contributed by atoms with E-state index in [-0.39, 0.29) is 18.4 Å². The lowest BCUT2D eigenvalue weighted by Crippen LogP contribution is -2.36. The molecule has 0 spiro atoms. The lowest BCUT2D eigenvalue weighted by molar-refractivity contribution is -0.129. The van der Waals surface area contributed by atoms with E-state index in [0.717, 1.165) is 38.6 Å². The van der Waals surface area contributed by atoms with Gasteiger partial charge in [-0.25, -0.2) is 14.8 Å². The second-order valence-electron chi connectivity index (χ2n) is 9.12. The average Bonchev–Trinajstić information content (AvgIpc) is 3.54. The van der Waals surface area contributed by atoms with Gasteiger partial charge in [-0.3, -0.25) is 4.79 Å². The van der Waals surface area contributed by atoms with Crippen molar-refractivity contribution >= 4 is 66.7 Å². The van der Waals surface area contributed by atoms with Gasteiger partial charge in [0.15, 0.2) is 27.6 Å². The van der Waals surface area contributed by atoms with E-state index in [1.54, 1.807) is 25.2 Å². The molecule has 0 atom stereocenters. The molecule has 5 rings (SSSR count). The summed E-state index contributed by atoms with van der Waals surface area (Å²) in [6.07, 6.45) is 1.56. The number of thiazole rings is 2. The molecule has 1 aliphatic heterocycles. The number of hydrogen-bond acceptors (Lipinski definition) is 11. The average molecular weight is 552 g/mol. The molecule has 3 aromatic heterocycles. The van der Waals surface area contributed by atoms with Crippen LogP contribution in [0.4, 0.5) is 21.9 Å². The van der Waals surface area contributed by atoms with Crippen LogP contribution in [0.15, 0.2) is 30.3 Å². The molecule has 1 aliphatic rings. The Kier molecular flexibility index (Phi) is 7.52. The summed E-state index contributed by atoms with van der Waals surface area (Å²) >= 11 is 3.03. The third-order valence-corrected chi connectivity index (χ3v) is 8.79. The van der Waals surface area contributed by atoms with Gasteiger partial charge < -0.3 is 19.9 Å². The normalized spacial score (nSPS) is 14.1. The number of esters is 1. The predicted molar refractivity (Wildman–Crippen MR) is 150 cm³/mol. The van der Waals surface area contributed by atoms with Crippen molar-refractivity contribution in [2.24, 2.45) is 0 Å². The van der Waals surface area contributed by atoms with Gasteiger partial charge in [0.2, 0.25) is 5.91 Å². The fourth-order valence-electron chi connectivity index (χ4n) is 4.43. The molecule has 4 aromatic rings. The van der Waals surface area contributed by atoms with Gasteiger partial charge in [0.05, 0.1) is 16.8 Å². The second kappa shape index (κ2) is 11.0. The van der Waals surface area contributed by atoms with Crippen LogP contribution in [0.25, 0.3) is 10.2 Å². The van der Waals surface area contributed by atoms with Crippen molar-refractivity contribution in [2.75, 3.05) is 37.0 Å². The highest BCUT2D eigenvalue weighted by Gasteiger charge is 2.30. The number of carbonyl (C=O) groups excluding carboxylic acids is 2. The first kappa shape index (κ1) is 26.0. The van der Waals surface area contributed by atoms with Crippen molar-refractivity contribution in [3.8, 4) is 0 Å². The monoisotopic (exact) mass is 551 g/mol. The van der Waals surface area contributed by atoms with E-state index in [2.05, 4.69) is 25.5 Å². The van der Waals surface area contributed by atoms with E-state index in [9.17, 15) is 9.59 Å². The zero-order valence-electron chi connectivity index (χ0n) is 21.7. The first-order chi connectivity index (χ1) is 18.3. The van der Waals surface area contributed by atoms with Crippen LogP contribution in [0.3, 0.4) is 0 Å². The molecule has 0 unspecified atom stereocenters. The highest BCUT2D eigenvalue weighted by atomic mass is 32.1. The smallest absolute Gasteiger partial charge is 0.358 e. The Morgan fingerprint density at radius 3 is 2.61 bits per heavy atom. The van der Waals surface area contributed by atoms with Crippen LogP contribution in [-0.4, -0.2) is 63.7 Å². The highest BCUT2D eigenvalue weighted by Crippen LogP contribution is 2.39. The van der Waals surface area contributed by atoms with Crippen molar-refractivity contribution in [2.45, 2.75) is 39.5 Å². The Morgan fingerprint density at radius 2 is 1.92 bits per heavy atom. The summed E-state index contributed by atoms with van der Waals surface area (Å²) in [6, 6.07) is 9.90. The van der Waals surface area contributed by atoms with Crippen LogP contribution >= 0.6 is 22.7 Å². The minimum atomic E-state index is -0.426. The maximum absolute atomic E-state index is 12.8. The number of benzene rings is 1. The summed E-state index contributed by atoms with van der Waals surface area (Å²) in [6.45, 7) is 6.94. The van der Waals surface area contributed by atoms with Crippen molar-refractivity contribution < 1.29 is 14.3 Å². The second-order valence-corrected chi connectivity index (χ2v) is 11.2. The van der Waals surface area contributed by atoms with E-state index in [4.69, 9.17) is 4.74 Å². The van der Waals surface area contributed by atoms with Gasteiger partial charge in [0.25, 0.3) is 0 Å². The highest BCUT2D eigenvalue weighted by molar-refractivity contribution is 7.22. The minimum Gasteiger partial charge on any atom is -0.461 e. The fourth-order valence-corrected chi connectivity index (χ4v) is 6.48. The number of aromatic nitrogens is 4. The molecule has 10 nitrogen and oxygen atoms in total. The largest absolute Gasteiger partial charge is 0.461 e. The fraction of sp³-hybridized carbons (Fsp3) is 0.385. The standard InChI is InChI=1S/C26H29N7O3S2/c1-5-36-24(35)21-22(17-10-12-33(13-11-17)16(3)34)38-26(28-21)32(4)20-14-15(2)23(31-30-20)29-25-27-18-8-6-7-9-19(18)37-25/h6-9,14,17H,5,10-13H2,1-4H3,(H,27,29,31). The van der Waals surface area contributed by atoms with Gasteiger partial charge in [-0.05, 0) is 56.4 Å². The Hall–Kier alpha value is -3.64. The molecule has 12 heteroatoms. The van der Waals surface area contributed by atoms with Gasteiger partial charge in [-0.1, -0.05) is 23.5 Å². The summed E-state index contributed by atoms with van der Waals surface area (Å²) in [5, 5.41) is 13.5. The molecule has 0 aliphatic carbocycles. The van der Waals surface area contributed by atoms with Crippen LogP contribution < -0.4 is 10.2 Å². The number of rotatable bonds is 7. The Morgan fingerprint density at radius 1 is 1.16 bits per heavy atom. The molecular formula is C26H29N7O3S2. The molecular weight excluding hydrogens is 522 g/mol. The van der Waals surface area contributed by atoms with Crippen LogP contribution in [0.2, 0.25) is 0 Å². The predicted octanol–water partition coefficient (Wildman–Crippen LogP) is 5.27. The van der Waals surface area contributed by atoms with Gasteiger partial charge in [0, 0.05) is 31.9 Å². The van der Waals surface area contributed by atoms with Crippen LogP contribution in [0.5, 0.6) is 0 Å². The molecule has 198 valence electrons. The molecule has 0 radical (unpaired) electrons. The van der Waals surface area contributed by atoms with Crippen LogP contribution in [0, 0.1) is 6.92 Å². The molecule has 1 amide bonds. The first-order valence-corrected chi connectivity index (χ1v) is 14.1. The summed E-state index contributed by atoms with van der Waals surface area (Å²) in [5.41, 5.74) is 2.18. The zero-order chi connectivity index (χ0) is 26.8. The number of nitrogens with zero attached hydrogens (tertiary/aromatic N) is 6. The van der Waals surface area contributed by atoms with Crippen LogP contribution in [-0.2, 0) is 9.53 Å². The van der Waals surface area contributed by atoms with E-state index in [0.29, 0.717) is 35.6 Å². The summed E-state index contributed by atoms with van der Waals surface area (Å²) in [7, 11) is 1.86. The Labute approximate surface area is 228 Å². The number of piperidine rings is 1. The molecule has 4 heterocycles. The number of ether oxygens (including phenoxy) is 1. The van der Waals surface area contributed by atoms with Crippen molar-refractivity contribution in [1.29, 1.82) is 0 Å². The van der Waals surface area contributed by atoms with Gasteiger partial charge in [-0.2, -0.15) is 0 Å². The number of fused-ring (bicyclic) bond motifs is 1. The third-order valence-electron chi connectivity index (χ3n) is 6.54. The molecule has 1 aromatic carbocycles. The van der Waals surface area contributed by atoms with E-state index < -0.39 is 5.97 Å². The molecule has 0 saturated carbocycles. The number of para-hydroxylation sites is 1. The van der Waals surface area contributed by atoms with E-state index in [1.165, 1.54) is 11.3 Å². The third kappa shape index (κ3) is 5.32. The number of nitrogens with one attached hydrogen (secondary N) is 1. The Balaban J connectivity index is 1.38. The SMILES string of the molecule is CCOC(=O)c1nc(N(C)c2cc(C)c(Nc3nc4ccccc4s3)nn2)sc1C1CCN(C(C)=O)CC1. The maximum atomic E-state index is 12.8. The molecule has 1 N–H and O–H groups in total. The quantitative estimate of drug-likeness (QED) is 0.307. The van der Waals surface area contributed by atoms with Gasteiger partial charge in [-0.15, -0.1) is 21.5 Å². The minimum absolute atomic E-state index is 0.0776. The number of likely N-dealkylation sites (tertiary alicyclic amines) is 1. The number of amides is 1. The number of aryl methyl sites for hydroxylation is 1. The summed E-state index contributed by atoms with van der Waals surface area (Å²) in [4.78, 5) is 38.4. The molecule has 1 saturated heterocycles. The molecule has 1 fully saturated rings. The molecule has 38 heavy (non-hydrogen) atoms. The topological polar surface area (TPSA) is 113 Å². The first-order valence-electron chi connectivity index (χ1n) is 12.5. The number of anilines is 4. The molecule has 0 bridgehead atoms. The zero-order valence-corrected chi connectivity index (χ0v) is 23.4. The number of hydrogen-bond donors (Lipinski definition) is 1. The van der Waals surface area contributed by atoms with Crippen LogP contribution in [0.1, 0.15) is 53.5 Å². The van der Waals surface area contributed by atoms with E-state index >= 15 is 0 Å². The van der Waals surface area contributed by atoms with Gasteiger partial charge in [0.1, 0.15) is 0 Å². The summed E-state index contributed by atoms with van der Waals surface area (Å²) in [5.74, 6) is 1.03.